The molecular formula is C11H23NO3S. The van der Waals surface area contributed by atoms with E-state index >= 15 is 0 Å². The number of amides is 1. The summed E-state index contributed by atoms with van der Waals surface area (Å²) in [7, 11) is 0. The van der Waals surface area contributed by atoms with Crippen LogP contribution in [0.3, 0.4) is 0 Å². The van der Waals surface area contributed by atoms with Gasteiger partial charge in [0.2, 0.25) is 5.91 Å². The lowest BCUT2D eigenvalue weighted by molar-refractivity contribution is -0.118. The molecule has 0 aliphatic rings. The van der Waals surface area contributed by atoms with Crippen LogP contribution in [0.25, 0.3) is 0 Å². The summed E-state index contributed by atoms with van der Waals surface area (Å²) < 4.78 is 5.35. The van der Waals surface area contributed by atoms with Gasteiger partial charge in [-0.3, -0.25) is 4.79 Å². The summed E-state index contributed by atoms with van der Waals surface area (Å²) in [6.45, 7) is 7.32. The fraction of sp³-hybridized carbons (Fsp3) is 0.909. The first kappa shape index (κ1) is 15.7. The third kappa shape index (κ3) is 10.3. The second kappa shape index (κ2) is 9.93. The number of rotatable bonds is 9. The fourth-order valence-electron chi connectivity index (χ4n) is 0.941. The molecule has 0 spiro atoms. The normalized spacial score (nSPS) is 12.8. The highest BCUT2D eigenvalue weighted by atomic mass is 32.2. The Hall–Kier alpha value is -0.260. The van der Waals surface area contributed by atoms with E-state index in [9.17, 15) is 4.79 Å². The molecule has 0 fully saturated rings. The summed E-state index contributed by atoms with van der Waals surface area (Å²) >= 11 is 1.46. The molecule has 0 aliphatic heterocycles. The summed E-state index contributed by atoms with van der Waals surface area (Å²) in [6, 6.07) is 0. The first-order chi connectivity index (χ1) is 7.56. The number of thioether (sulfide) groups is 1. The van der Waals surface area contributed by atoms with Crippen LogP contribution < -0.4 is 5.32 Å². The summed E-state index contributed by atoms with van der Waals surface area (Å²) in [6.07, 6.45) is 1.08. The largest absolute Gasteiger partial charge is 0.395 e. The first-order valence-electron chi connectivity index (χ1n) is 5.67. The predicted molar refractivity (Wildman–Crippen MR) is 67.7 cm³/mol. The first-order valence-corrected chi connectivity index (χ1v) is 6.72. The van der Waals surface area contributed by atoms with E-state index in [2.05, 4.69) is 5.32 Å². The van der Waals surface area contributed by atoms with E-state index in [1.165, 1.54) is 11.8 Å². The Morgan fingerprint density at radius 2 is 2.12 bits per heavy atom. The zero-order chi connectivity index (χ0) is 12.4. The molecule has 4 nitrogen and oxygen atoms in total. The highest BCUT2D eigenvalue weighted by molar-refractivity contribution is 8.00. The molecule has 1 unspecified atom stereocenters. The molecule has 1 atom stereocenters. The summed E-state index contributed by atoms with van der Waals surface area (Å²) in [5, 5.41) is 11.7. The van der Waals surface area contributed by atoms with Crippen LogP contribution in [-0.4, -0.2) is 47.9 Å². The van der Waals surface area contributed by atoms with Crippen LogP contribution in [0.4, 0.5) is 0 Å². The predicted octanol–water partition coefficient (Wildman–Crippen LogP) is 1.03. The zero-order valence-electron chi connectivity index (χ0n) is 10.4. The third-order valence-electron chi connectivity index (χ3n) is 1.85. The van der Waals surface area contributed by atoms with E-state index in [1.54, 1.807) is 0 Å². The molecule has 0 aromatic rings. The van der Waals surface area contributed by atoms with Crippen LogP contribution in [0.2, 0.25) is 0 Å². The standard InChI is InChI=1S/C11H23NO3S/c1-9(2)15-6-4-5-12-11(14)8-16-10(3)7-13/h9-10,13H,4-8H2,1-3H3,(H,12,14). The van der Waals surface area contributed by atoms with E-state index in [0.717, 1.165) is 6.42 Å². The Kier molecular flexibility index (Phi) is 9.77. The van der Waals surface area contributed by atoms with Crippen molar-refractivity contribution in [3.05, 3.63) is 0 Å². The van der Waals surface area contributed by atoms with Crippen molar-refractivity contribution in [2.75, 3.05) is 25.5 Å². The Bertz CT molecular complexity index is 188. The highest BCUT2D eigenvalue weighted by Crippen LogP contribution is 2.08. The number of aliphatic hydroxyl groups is 1. The molecule has 5 heteroatoms. The molecule has 0 aromatic carbocycles. The molecule has 16 heavy (non-hydrogen) atoms. The maximum atomic E-state index is 11.3. The minimum absolute atomic E-state index is 0.0230. The van der Waals surface area contributed by atoms with Gasteiger partial charge in [-0.1, -0.05) is 6.92 Å². The molecule has 0 aliphatic carbocycles. The minimum atomic E-state index is 0.0230. The fourth-order valence-corrected chi connectivity index (χ4v) is 1.58. The maximum Gasteiger partial charge on any atom is 0.230 e. The average Bonchev–Trinajstić information content (AvgIpc) is 2.24. The zero-order valence-corrected chi connectivity index (χ0v) is 11.2. The van der Waals surface area contributed by atoms with Crippen LogP contribution in [0.15, 0.2) is 0 Å². The molecule has 96 valence electrons. The van der Waals surface area contributed by atoms with Gasteiger partial charge < -0.3 is 15.2 Å². The number of ether oxygens (including phenoxy) is 1. The Balaban J connectivity index is 3.30. The molecular weight excluding hydrogens is 226 g/mol. The Morgan fingerprint density at radius 3 is 2.69 bits per heavy atom. The van der Waals surface area contributed by atoms with E-state index in [4.69, 9.17) is 9.84 Å². The van der Waals surface area contributed by atoms with Crippen molar-refractivity contribution in [1.29, 1.82) is 0 Å². The molecule has 0 radical (unpaired) electrons. The van der Waals surface area contributed by atoms with E-state index in [-0.39, 0.29) is 23.9 Å². The van der Waals surface area contributed by atoms with Gasteiger partial charge in [-0.05, 0) is 20.3 Å². The van der Waals surface area contributed by atoms with E-state index < -0.39 is 0 Å². The van der Waals surface area contributed by atoms with Crippen molar-refractivity contribution in [3.8, 4) is 0 Å². The number of carbonyl (C=O) groups is 1. The maximum absolute atomic E-state index is 11.3. The lowest BCUT2D eigenvalue weighted by Gasteiger charge is -2.09. The van der Waals surface area contributed by atoms with Crippen molar-refractivity contribution < 1.29 is 14.6 Å². The van der Waals surface area contributed by atoms with Gasteiger partial charge >= 0.3 is 0 Å². The second-order valence-electron chi connectivity index (χ2n) is 3.93. The number of nitrogens with one attached hydrogen (secondary N) is 1. The average molecular weight is 249 g/mol. The van der Waals surface area contributed by atoms with E-state index in [1.807, 2.05) is 20.8 Å². The molecule has 0 heterocycles. The number of hydrogen-bond acceptors (Lipinski definition) is 4. The Morgan fingerprint density at radius 1 is 1.44 bits per heavy atom. The van der Waals surface area contributed by atoms with Crippen molar-refractivity contribution >= 4 is 17.7 Å². The summed E-state index contributed by atoms with van der Waals surface area (Å²) in [4.78, 5) is 11.3. The van der Waals surface area contributed by atoms with Crippen LogP contribution in [0.5, 0.6) is 0 Å². The monoisotopic (exact) mass is 249 g/mol. The van der Waals surface area contributed by atoms with Gasteiger partial charge in [-0.2, -0.15) is 0 Å². The topological polar surface area (TPSA) is 58.6 Å². The quantitative estimate of drug-likeness (QED) is 0.599. The van der Waals surface area contributed by atoms with Crippen molar-refractivity contribution in [1.82, 2.24) is 5.32 Å². The van der Waals surface area contributed by atoms with Gasteiger partial charge in [0.15, 0.2) is 0 Å². The molecule has 0 aromatic heterocycles. The highest BCUT2D eigenvalue weighted by Gasteiger charge is 2.05. The minimum Gasteiger partial charge on any atom is -0.395 e. The van der Waals surface area contributed by atoms with Gasteiger partial charge in [-0.15, -0.1) is 11.8 Å². The second-order valence-corrected chi connectivity index (χ2v) is 5.35. The summed E-state index contributed by atoms with van der Waals surface area (Å²) in [5.74, 6) is 0.432. The van der Waals surface area contributed by atoms with Crippen LogP contribution in [0, 0.1) is 0 Å². The molecule has 0 bridgehead atoms. The van der Waals surface area contributed by atoms with Gasteiger partial charge in [-0.25, -0.2) is 0 Å². The van der Waals surface area contributed by atoms with Crippen LogP contribution in [-0.2, 0) is 9.53 Å². The van der Waals surface area contributed by atoms with Crippen molar-refractivity contribution in [3.63, 3.8) is 0 Å². The van der Waals surface area contributed by atoms with E-state index in [0.29, 0.717) is 18.9 Å². The lowest BCUT2D eigenvalue weighted by Crippen LogP contribution is -2.28. The number of aliphatic hydroxyl groups excluding tert-OH is 1. The van der Waals surface area contributed by atoms with Gasteiger partial charge in [0, 0.05) is 18.4 Å². The SMILES string of the molecule is CC(C)OCCCNC(=O)CSC(C)CO. The number of carbonyl (C=O) groups excluding carboxylic acids is 1. The Labute approximate surface area is 102 Å². The lowest BCUT2D eigenvalue weighted by atomic mass is 10.4. The number of hydrogen-bond donors (Lipinski definition) is 2. The molecule has 2 N–H and O–H groups in total. The van der Waals surface area contributed by atoms with Gasteiger partial charge in [0.1, 0.15) is 0 Å². The third-order valence-corrected chi connectivity index (χ3v) is 3.00. The summed E-state index contributed by atoms with van der Waals surface area (Å²) in [5.41, 5.74) is 0. The van der Waals surface area contributed by atoms with Crippen molar-refractivity contribution in [2.45, 2.75) is 38.5 Å². The molecule has 0 saturated carbocycles. The van der Waals surface area contributed by atoms with Crippen LogP contribution >= 0.6 is 11.8 Å². The smallest absolute Gasteiger partial charge is 0.230 e. The van der Waals surface area contributed by atoms with Gasteiger partial charge in [0.05, 0.1) is 18.5 Å². The molecule has 0 saturated heterocycles. The van der Waals surface area contributed by atoms with Crippen molar-refractivity contribution in [2.24, 2.45) is 0 Å². The molecule has 0 rings (SSSR count). The molecule has 1 amide bonds. The van der Waals surface area contributed by atoms with Gasteiger partial charge in [0.25, 0.3) is 0 Å². The van der Waals surface area contributed by atoms with Crippen LogP contribution in [0.1, 0.15) is 27.2 Å².